The molecule has 1 heterocycles. The zero-order valence-electron chi connectivity index (χ0n) is 16.1. The van der Waals surface area contributed by atoms with Gasteiger partial charge in [0.1, 0.15) is 11.5 Å². The first-order chi connectivity index (χ1) is 13.5. The summed E-state index contributed by atoms with van der Waals surface area (Å²) in [4.78, 5) is 27.0. The minimum atomic E-state index is -0.327. The highest BCUT2D eigenvalue weighted by Gasteiger charge is 2.18. The van der Waals surface area contributed by atoms with E-state index in [-0.39, 0.29) is 24.2 Å². The number of aromatic hydroxyl groups is 1. The molecule has 2 N–H and O–H groups in total. The van der Waals surface area contributed by atoms with E-state index in [1.165, 1.54) is 6.07 Å². The van der Waals surface area contributed by atoms with Crippen LogP contribution in [0.25, 0.3) is 0 Å². The summed E-state index contributed by atoms with van der Waals surface area (Å²) in [7, 11) is 0. The predicted octanol–water partition coefficient (Wildman–Crippen LogP) is 3.73. The molecule has 2 amide bonds. The Morgan fingerprint density at radius 3 is 2.50 bits per heavy atom. The van der Waals surface area contributed by atoms with Gasteiger partial charge in [-0.1, -0.05) is 25.0 Å². The monoisotopic (exact) mass is 382 g/mol. The molecule has 6 heteroatoms. The molecule has 3 rings (SSSR count). The quantitative estimate of drug-likeness (QED) is 0.772. The molecule has 0 aromatic heterocycles. The minimum Gasteiger partial charge on any atom is -0.508 e. The van der Waals surface area contributed by atoms with E-state index in [0.29, 0.717) is 17.0 Å². The number of para-hydroxylation sites is 1. The van der Waals surface area contributed by atoms with Gasteiger partial charge in [0.05, 0.1) is 5.56 Å². The molecule has 0 saturated carbocycles. The Morgan fingerprint density at radius 1 is 1.07 bits per heavy atom. The number of phenols is 1. The average Bonchev–Trinajstić information content (AvgIpc) is 2.98. The molecule has 0 atom stereocenters. The van der Waals surface area contributed by atoms with E-state index in [0.717, 1.165) is 44.3 Å². The van der Waals surface area contributed by atoms with Gasteiger partial charge in [-0.3, -0.25) is 9.59 Å². The Balaban J connectivity index is 1.66. The molecule has 1 fully saturated rings. The van der Waals surface area contributed by atoms with Crippen LogP contribution in [-0.4, -0.2) is 41.5 Å². The van der Waals surface area contributed by atoms with Gasteiger partial charge in [0.25, 0.3) is 11.8 Å². The maximum absolute atomic E-state index is 12.7. The number of hydrogen-bond acceptors (Lipinski definition) is 4. The summed E-state index contributed by atoms with van der Waals surface area (Å²) < 4.78 is 5.71. The summed E-state index contributed by atoms with van der Waals surface area (Å²) in [5.74, 6) is 0.143. The largest absolute Gasteiger partial charge is 0.508 e. The molecule has 1 saturated heterocycles. The highest BCUT2D eigenvalue weighted by molar-refractivity contribution is 6.06. The molecule has 2 aromatic rings. The molecule has 0 bridgehead atoms. The van der Waals surface area contributed by atoms with E-state index in [4.69, 9.17) is 4.74 Å². The van der Waals surface area contributed by atoms with Crippen molar-refractivity contribution in [1.82, 2.24) is 4.90 Å². The highest BCUT2D eigenvalue weighted by atomic mass is 16.5. The first-order valence-corrected chi connectivity index (χ1v) is 9.65. The molecular weight excluding hydrogens is 356 g/mol. The minimum absolute atomic E-state index is 0.0495. The number of carbonyl (C=O) groups excluding carboxylic acids is 2. The van der Waals surface area contributed by atoms with Crippen LogP contribution in [0.2, 0.25) is 0 Å². The van der Waals surface area contributed by atoms with Crippen molar-refractivity contribution < 1.29 is 19.4 Å². The van der Waals surface area contributed by atoms with Gasteiger partial charge in [-0.2, -0.15) is 0 Å². The third kappa shape index (κ3) is 5.03. The van der Waals surface area contributed by atoms with Gasteiger partial charge in [0.15, 0.2) is 6.61 Å². The highest BCUT2D eigenvalue weighted by Crippen LogP contribution is 2.23. The lowest BCUT2D eigenvalue weighted by molar-refractivity contribution is -0.133. The first-order valence-electron chi connectivity index (χ1n) is 9.65. The maximum Gasteiger partial charge on any atom is 0.260 e. The molecule has 0 unspecified atom stereocenters. The zero-order chi connectivity index (χ0) is 19.9. The van der Waals surface area contributed by atoms with E-state index < -0.39 is 0 Å². The molecule has 2 aromatic carbocycles. The number of phenolic OH excluding ortho intramolecular Hbond substituents is 1. The van der Waals surface area contributed by atoms with E-state index in [9.17, 15) is 14.7 Å². The predicted molar refractivity (Wildman–Crippen MR) is 108 cm³/mol. The summed E-state index contributed by atoms with van der Waals surface area (Å²) in [6.07, 6.45) is 4.36. The van der Waals surface area contributed by atoms with Gasteiger partial charge in [0.2, 0.25) is 0 Å². The molecule has 6 nitrogen and oxygen atoms in total. The van der Waals surface area contributed by atoms with Crippen LogP contribution in [0.15, 0.2) is 42.5 Å². The van der Waals surface area contributed by atoms with Gasteiger partial charge < -0.3 is 20.1 Å². The standard InChI is InChI=1S/C22H26N2O4/c1-16-14-17(25)10-11-19(16)23-22(27)18-8-4-5-9-20(18)28-15-21(26)24-12-6-2-3-7-13-24/h4-5,8-11,14,25H,2-3,6-7,12-13,15H2,1H3,(H,23,27). The Labute approximate surface area is 165 Å². The fourth-order valence-corrected chi connectivity index (χ4v) is 3.31. The van der Waals surface area contributed by atoms with Crippen molar-refractivity contribution in [2.75, 3.05) is 25.0 Å². The van der Waals surface area contributed by atoms with E-state index >= 15 is 0 Å². The first kappa shape index (κ1) is 19.7. The van der Waals surface area contributed by atoms with Gasteiger partial charge in [-0.15, -0.1) is 0 Å². The average molecular weight is 382 g/mol. The molecule has 1 aliphatic heterocycles. The molecule has 28 heavy (non-hydrogen) atoms. The van der Waals surface area contributed by atoms with Gasteiger partial charge in [0, 0.05) is 18.8 Å². The van der Waals surface area contributed by atoms with E-state index in [1.54, 1.807) is 43.3 Å². The lowest BCUT2D eigenvalue weighted by Gasteiger charge is -2.20. The fourth-order valence-electron chi connectivity index (χ4n) is 3.31. The lowest BCUT2D eigenvalue weighted by atomic mass is 10.1. The fraction of sp³-hybridized carbons (Fsp3) is 0.364. The van der Waals surface area contributed by atoms with Gasteiger partial charge >= 0.3 is 0 Å². The lowest BCUT2D eigenvalue weighted by Crippen LogP contribution is -2.35. The number of ether oxygens (including phenoxy) is 1. The second-order valence-corrected chi connectivity index (χ2v) is 7.03. The van der Waals surface area contributed by atoms with Crippen LogP contribution in [0.1, 0.15) is 41.6 Å². The second kappa shape index (κ2) is 9.26. The Hall–Kier alpha value is -3.02. The normalized spacial score (nSPS) is 14.2. The van der Waals surface area contributed by atoms with Crippen molar-refractivity contribution in [3.8, 4) is 11.5 Å². The molecule has 0 aliphatic carbocycles. The van der Waals surface area contributed by atoms with Crippen LogP contribution in [0.3, 0.4) is 0 Å². The number of rotatable bonds is 5. The van der Waals surface area contributed by atoms with Crippen molar-refractivity contribution in [1.29, 1.82) is 0 Å². The zero-order valence-corrected chi connectivity index (χ0v) is 16.1. The summed E-state index contributed by atoms with van der Waals surface area (Å²) in [5.41, 5.74) is 1.72. The van der Waals surface area contributed by atoms with Crippen molar-refractivity contribution in [2.45, 2.75) is 32.6 Å². The number of anilines is 1. The Kier molecular flexibility index (Phi) is 6.53. The van der Waals surface area contributed by atoms with E-state index in [2.05, 4.69) is 5.32 Å². The number of carbonyl (C=O) groups is 2. The number of nitrogens with one attached hydrogen (secondary N) is 1. The molecule has 148 valence electrons. The van der Waals surface area contributed by atoms with Crippen LogP contribution in [0, 0.1) is 6.92 Å². The van der Waals surface area contributed by atoms with Crippen LogP contribution in [0.4, 0.5) is 5.69 Å². The van der Waals surface area contributed by atoms with Crippen LogP contribution >= 0.6 is 0 Å². The van der Waals surface area contributed by atoms with Crippen LogP contribution in [-0.2, 0) is 4.79 Å². The molecule has 1 aliphatic rings. The van der Waals surface area contributed by atoms with Crippen LogP contribution < -0.4 is 10.1 Å². The SMILES string of the molecule is Cc1cc(O)ccc1NC(=O)c1ccccc1OCC(=O)N1CCCCCC1. The number of nitrogens with zero attached hydrogens (tertiary/aromatic N) is 1. The Bertz CT molecular complexity index is 842. The van der Waals surface area contributed by atoms with E-state index in [1.807, 2.05) is 4.90 Å². The number of aryl methyl sites for hydroxylation is 1. The summed E-state index contributed by atoms with van der Waals surface area (Å²) >= 11 is 0. The molecular formula is C22H26N2O4. The number of hydrogen-bond donors (Lipinski definition) is 2. The number of likely N-dealkylation sites (tertiary alicyclic amines) is 1. The Morgan fingerprint density at radius 2 is 1.79 bits per heavy atom. The van der Waals surface area contributed by atoms with Gasteiger partial charge in [-0.25, -0.2) is 0 Å². The van der Waals surface area contributed by atoms with Gasteiger partial charge in [-0.05, 0) is 55.7 Å². The number of benzene rings is 2. The van der Waals surface area contributed by atoms with Crippen molar-refractivity contribution in [2.24, 2.45) is 0 Å². The smallest absolute Gasteiger partial charge is 0.260 e. The third-order valence-electron chi connectivity index (χ3n) is 4.90. The maximum atomic E-state index is 12.7. The van der Waals surface area contributed by atoms with Crippen molar-refractivity contribution in [3.63, 3.8) is 0 Å². The summed E-state index contributed by atoms with van der Waals surface area (Å²) in [6, 6.07) is 11.6. The van der Waals surface area contributed by atoms with Crippen molar-refractivity contribution in [3.05, 3.63) is 53.6 Å². The topological polar surface area (TPSA) is 78.9 Å². The van der Waals surface area contributed by atoms with Crippen molar-refractivity contribution >= 4 is 17.5 Å². The van der Waals surface area contributed by atoms with Crippen LogP contribution in [0.5, 0.6) is 11.5 Å². The molecule has 0 radical (unpaired) electrons. The second-order valence-electron chi connectivity index (χ2n) is 7.03. The third-order valence-corrected chi connectivity index (χ3v) is 4.90. The number of amides is 2. The summed E-state index contributed by atoms with van der Waals surface area (Å²) in [5, 5.41) is 12.3. The summed E-state index contributed by atoms with van der Waals surface area (Å²) in [6.45, 7) is 3.26. The molecule has 0 spiro atoms.